The monoisotopic (exact) mass is 219 g/mol. The maximum absolute atomic E-state index is 4.38. The van der Waals surface area contributed by atoms with E-state index in [1.165, 1.54) is 18.5 Å². The molecular formula is C13H21N3. The molecule has 1 aliphatic heterocycles. The fourth-order valence-corrected chi connectivity index (χ4v) is 2.30. The molecule has 2 rings (SSSR count). The summed E-state index contributed by atoms with van der Waals surface area (Å²) in [7, 11) is 0. The first-order valence-electron chi connectivity index (χ1n) is 6.24. The molecule has 1 aromatic heterocycles. The Morgan fingerprint density at radius 1 is 1.50 bits per heavy atom. The van der Waals surface area contributed by atoms with Crippen molar-refractivity contribution in [1.29, 1.82) is 0 Å². The van der Waals surface area contributed by atoms with Crippen LogP contribution in [0.4, 0.5) is 0 Å². The second-order valence-corrected chi connectivity index (χ2v) is 4.50. The Labute approximate surface area is 97.9 Å². The van der Waals surface area contributed by atoms with Crippen molar-refractivity contribution in [2.75, 3.05) is 19.6 Å². The molecule has 1 atom stereocenters. The zero-order valence-corrected chi connectivity index (χ0v) is 10.0. The summed E-state index contributed by atoms with van der Waals surface area (Å²) in [6.07, 6.45) is 4.41. The van der Waals surface area contributed by atoms with Crippen LogP contribution in [0.2, 0.25) is 0 Å². The van der Waals surface area contributed by atoms with Crippen molar-refractivity contribution in [3.8, 4) is 0 Å². The number of hydrogen-bond donors (Lipinski definition) is 1. The number of piperazine rings is 1. The Bertz CT molecular complexity index is 297. The first-order valence-corrected chi connectivity index (χ1v) is 6.24. The van der Waals surface area contributed by atoms with Crippen LogP contribution in [0, 0.1) is 0 Å². The molecular weight excluding hydrogens is 198 g/mol. The van der Waals surface area contributed by atoms with Gasteiger partial charge < -0.3 is 5.32 Å². The van der Waals surface area contributed by atoms with Crippen LogP contribution in [-0.4, -0.2) is 35.6 Å². The molecule has 0 spiro atoms. The van der Waals surface area contributed by atoms with Crippen molar-refractivity contribution >= 4 is 0 Å². The smallest absolute Gasteiger partial charge is 0.0543 e. The Kier molecular flexibility index (Phi) is 4.31. The van der Waals surface area contributed by atoms with E-state index in [4.69, 9.17) is 0 Å². The van der Waals surface area contributed by atoms with Gasteiger partial charge in [-0.3, -0.25) is 9.88 Å². The molecule has 2 heterocycles. The first-order chi connectivity index (χ1) is 7.88. The van der Waals surface area contributed by atoms with Crippen molar-refractivity contribution < 1.29 is 0 Å². The van der Waals surface area contributed by atoms with Gasteiger partial charge in [0.2, 0.25) is 0 Å². The summed E-state index contributed by atoms with van der Waals surface area (Å²) in [6.45, 7) is 6.64. The number of hydrogen-bond acceptors (Lipinski definition) is 3. The molecule has 1 saturated heterocycles. The molecule has 16 heavy (non-hydrogen) atoms. The summed E-state index contributed by atoms with van der Waals surface area (Å²) in [5, 5.41) is 3.57. The van der Waals surface area contributed by atoms with Gasteiger partial charge in [0.15, 0.2) is 0 Å². The topological polar surface area (TPSA) is 28.2 Å². The Morgan fingerprint density at radius 2 is 2.44 bits per heavy atom. The highest BCUT2D eigenvalue weighted by molar-refractivity contribution is 5.03. The molecule has 1 aromatic rings. The van der Waals surface area contributed by atoms with Crippen LogP contribution in [0.1, 0.15) is 25.5 Å². The molecule has 1 aliphatic rings. The van der Waals surface area contributed by atoms with E-state index >= 15 is 0 Å². The Morgan fingerprint density at radius 3 is 3.19 bits per heavy atom. The van der Waals surface area contributed by atoms with Crippen LogP contribution in [0.25, 0.3) is 0 Å². The first kappa shape index (κ1) is 11.6. The number of rotatable bonds is 4. The molecule has 1 fully saturated rings. The minimum atomic E-state index is 0.669. The van der Waals surface area contributed by atoms with E-state index in [1.54, 1.807) is 0 Å². The third kappa shape index (κ3) is 3.29. The summed E-state index contributed by atoms with van der Waals surface area (Å²) in [5.41, 5.74) is 1.18. The standard InChI is InChI=1S/C13H21N3/c1-2-5-12-10-16(9-8-15-12)11-13-6-3-4-7-14-13/h3-4,6-7,12,15H,2,5,8-11H2,1H3. The van der Waals surface area contributed by atoms with Crippen molar-refractivity contribution in [3.63, 3.8) is 0 Å². The highest BCUT2D eigenvalue weighted by atomic mass is 15.2. The van der Waals surface area contributed by atoms with Crippen molar-refractivity contribution in [2.45, 2.75) is 32.4 Å². The molecule has 3 nitrogen and oxygen atoms in total. The minimum absolute atomic E-state index is 0.669. The highest BCUT2D eigenvalue weighted by Gasteiger charge is 2.18. The zero-order chi connectivity index (χ0) is 11.2. The van der Waals surface area contributed by atoms with Crippen LogP contribution in [0.5, 0.6) is 0 Å². The van der Waals surface area contributed by atoms with E-state index in [9.17, 15) is 0 Å². The van der Waals surface area contributed by atoms with Gasteiger partial charge in [-0.2, -0.15) is 0 Å². The number of nitrogens with one attached hydrogen (secondary N) is 1. The molecule has 3 heteroatoms. The molecule has 1 N–H and O–H groups in total. The van der Waals surface area contributed by atoms with E-state index in [2.05, 4.69) is 34.3 Å². The van der Waals surface area contributed by atoms with E-state index < -0.39 is 0 Å². The molecule has 0 bridgehead atoms. The average molecular weight is 219 g/mol. The van der Waals surface area contributed by atoms with Gasteiger partial charge in [-0.15, -0.1) is 0 Å². The normalized spacial score (nSPS) is 22.2. The fourth-order valence-electron chi connectivity index (χ4n) is 2.30. The van der Waals surface area contributed by atoms with Gasteiger partial charge in [0.1, 0.15) is 0 Å². The summed E-state index contributed by atoms with van der Waals surface area (Å²) in [4.78, 5) is 6.88. The van der Waals surface area contributed by atoms with Crippen molar-refractivity contribution in [3.05, 3.63) is 30.1 Å². The third-order valence-corrected chi connectivity index (χ3v) is 3.09. The second-order valence-electron chi connectivity index (χ2n) is 4.50. The predicted octanol–water partition coefficient (Wildman–Crippen LogP) is 1.66. The highest BCUT2D eigenvalue weighted by Crippen LogP contribution is 2.08. The number of pyridine rings is 1. The van der Waals surface area contributed by atoms with E-state index in [0.29, 0.717) is 6.04 Å². The van der Waals surface area contributed by atoms with E-state index in [1.807, 2.05) is 12.3 Å². The van der Waals surface area contributed by atoms with Crippen LogP contribution in [-0.2, 0) is 6.54 Å². The average Bonchev–Trinajstić information content (AvgIpc) is 2.31. The van der Waals surface area contributed by atoms with Crippen molar-refractivity contribution in [2.24, 2.45) is 0 Å². The van der Waals surface area contributed by atoms with Gasteiger partial charge in [-0.05, 0) is 18.6 Å². The lowest BCUT2D eigenvalue weighted by molar-refractivity contribution is 0.185. The minimum Gasteiger partial charge on any atom is -0.311 e. The second kappa shape index (κ2) is 5.97. The van der Waals surface area contributed by atoms with Crippen LogP contribution < -0.4 is 5.32 Å². The fraction of sp³-hybridized carbons (Fsp3) is 0.615. The van der Waals surface area contributed by atoms with E-state index in [0.717, 1.165) is 26.2 Å². The van der Waals surface area contributed by atoms with Crippen LogP contribution >= 0.6 is 0 Å². The molecule has 1 unspecified atom stereocenters. The summed E-state index contributed by atoms with van der Waals surface area (Å²) >= 11 is 0. The third-order valence-electron chi connectivity index (χ3n) is 3.09. The quantitative estimate of drug-likeness (QED) is 0.834. The lowest BCUT2D eigenvalue weighted by atomic mass is 10.1. The van der Waals surface area contributed by atoms with Gasteiger partial charge >= 0.3 is 0 Å². The lowest BCUT2D eigenvalue weighted by Gasteiger charge is -2.33. The van der Waals surface area contributed by atoms with E-state index in [-0.39, 0.29) is 0 Å². The summed E-state index contributed by atoms with van der Waals surface area (Å²) < 4.78 is 0. The lowest BCUT2D eigenvalue weighted by Crippen LogP contribution is -2.50. The maximum atomic E-state index is 4.38. The molecule has 0 aliphatic carbocycles. The Hall–Kier alpha value is -0.930. The van der Waals surface area contributed by atoms with Gasteiger partial charge in [-0.25, -0.2) is 0 Å². The number of nitrogens with zero attached hydrogens (tertiary/aromatic N) is 2. The van der Waals surface area contributed by atoms with Crippen molar-refractivity contribution in [1.82, 2.24) is 15.2 Å². The summed E-state index contributed by atoms with van der Waals surface area (Å²) in [6, 6.07) is 6.81. The van der Waals surface area contributed by atoms with Crippen LogP contribution in [0.3, 0.4) is 0 Å². The molecule has 0 amide bonds. The van der Waals surface area contributed by atoms with Gasteiger partial charge in [-0.1, -0.05) is 19.4 Å². The summed E-state index contributed by atoms with van der Waals surface area (Å²) in [5.74, 6) is 0. The zero-order valence-electron chi connectivity index (χ0n) is 10.0. The molecule has 88 valence electrons. The van der Waals surface area contributed by atoms with Gasteiger partial charge in [0, 0.05) is 38.4 Å². The number of aromatic nitrogens is 1. The maximum Gasteiger partial charge on any atom is 0.0543 e. The largest absolute Gasteiger partial charge is 0.311 e. The van der Waals surface area contributed by atoms with Crippen LogP contribution in [0.15, 0.2) is 24.4 Å². The van der Waals surface area contributed by atoms with Gasteiger partial charge in [0.05, 0.1) is 5.69 Å². The van der Waals surface area contributed by atoms with Gasteiger partial charge in [0.25, 0.3) is 0 Å². The SMILES string of the molecule is CCCC1CN(Cc2ccccn2)CCN1. The molecule has 0 aromatic carbocycles. The Balaban J connectivity index is 1.85. The molecule has 0 saturated carbocycles. The predicted molar refractivity (Wildman–Crippen MR) is 66.2 cm³/mol. The molecule has 0 radical (unpaired) electrons.